The Morgan fingerprint density at radius 2 is 2.27 bits per heavy atom. The Morgan fingerprint density at radius 1 is 1.47 bits per heavy atom. The third-order valence-corrected chi connectivity index (χ3v) is 1.77. The normalized spacial score (nSPS) is 10.2. The molecule has 0 radical (unpaired) electrons. The van der Waals surface area contributed by atoms with Gasteiger partial charge in [-0.05, 0) is 19.1 Å². The number of carbonyl (C=O) groups is 1. The second-order valence-corrected chi connectivity index (χ2v) is 2.95. The maximum Gasteiger partial charge on any atom is 0.354 e. The van der Waals surface area contributed by atoms with E-state index in [1.807, 2.05) is 0 Å². The molecule has 6 nitrogen and oxygen atoms in total. The van der Waals surface area contributed by atoms with Crippen molar-refractivity contribution in [2.45, 2.75) is 6.92 Å². The Balaban J connectivity index is 2.54. The van der Waals surface area contributed by atoms with Gasteiger partial charge in [0, 0.05) is 18.1 Å². The summed E-state index contributed by atoms with van der Waals surface area (Å²) < 4.78 is 1.42. The van der Waals surface area contributed by atoms with Crippen LogP contribution in [0.1, 0.15) is 16.2 Å². The van der Waals surface area contributed by atoms with Crippen molar-refractivity contribution < 1.29 is 9.90 Å². The Hall–Kier alpha value is -2.24. The van der Waals surface area contributed by atoms with Gasteiger partial charge in [-0.15, -0.1) is 0 Å². The Bertz CT molecular complexity index is 493. The van der Waals surface area contributed by atoms with Crippen LogP contribution in [0, 0.1) is 6.92 Å². The van der Waals surface area contributed by atoms with Crippen LogP contribution in [0.15, 0.2) is 24.5 Å². The van der Waals surface area contributed by atoms with E-state index in [4.69, 9.17) is 5.11 Å². The molecule has 0 fully saturated rings. The highest BCUT2D eigenvalue weighted by Gasteiger charge is 2.09. The standard InChI is InChI=1S/C9H8N4O2/c1-6-5-7(8(14)15)12-9(11-6)13-4-2-3-10-13/h2-5H,1H3,(H,14,15). The number of aromatic nitrogens is 4. The summed E-state index contributed by atoms with van der Waals surface area (Å²) in [5.74, 6) is -0.814. The molecule has 0 unspecified atom stereocenters. The number of aryl methyl sites for hydroxylation is 1. The average Bonchev–Trinajstić information content (AvgIpc) is 2.69. The molecular weight excluding hydrogens is 196 g/mol. The minimum absolute atomic E-state index is 0.0343. The maximum absolute atomic E-state index is 10.8. The van der Waals surface area contributed by atoms with Crippen LogP contribution in [0.3, 0.4) is 0 Å². The molecule has 0 aliphatic carbocycles. The summed E-state index contributed by atoms with van der Waals surface area (Å²) in [4.78, 5) is 18.7. The molecule has 0 saturated heterocycles. The van der Waals surface area contributed by atoms with Crippen molar-refractivity contribution in [3.63, 3.8) is 0 Å². The Kier molecular flexibility index (Phi) is 2.17. The number of hydrogen-bond donors (Lipinski definition) is 1. The molecule has 76 valence electrons. The van der Waals surface area contributed by atoms with Crippen molar-refractivity contribution in [1.29, 1.82) is 0 Å². The third-order valence-electron chi connectivity index (χ3n) is 1.77. The second kappa shape index (κ2) is 3.49. The third kappa shape index (κ3) is 1.83. The highest BCUT2D eigenvalue weighted by atomic mass is 16.4. The molecule has 1 N–H and O–H groups in total. The second-order valence-electron chi connectivity index (χ2n) is 2.95. The van der Waals surface area contributed by atoms with Gasteiger partial charge in [0.25, 0.3) is 5.95 Å². The highest BCUT2D eigenvalue weighted by molar-refractivity contribution is 5.85. The molecule has 0 amide bonds. The van der Waals surface area contributed by atoms with Gasteiger partial charge in [0.2, 0.25) is 0 Å². The molecule has 6 heteroatoms. The molecule has 0 aliphatic heterocycles. The highest BCUT2D eigenvalue weighted by Crippen LogP contribution is 2.04. The van der Waals surface area contributed by atoms with Crippen molar-refractivity contribution in [2.24, 2.45) is 0 Å². The SMILES string of the molecule is Cc1cc(C(=O)O)nc(-n2cccn2)n1. The lowest BCUT2D eigenvalue weighted by Crippen LogP contribution is -2.09. The van der Waals surface area contributed by atoms with Gasteiger partial charge in [0.1, 0.15) is 0 Å². The van der Waals surface area contributed by atoms with Crippen molar-refractivity contribution in [3.05, 3.63) is 35.9 Å². The predicted octanol–water partition coefficient (Wildman–Crippen LogP) is 0.669. The zero-order chi connectivity index (χ0) is 10.8. The molecule has 0 spiro atoms. The van der Waals surface area contributed by atoms with E-state index in [2.05, 4.69) is 15.1 Å². The number of rotatable bonds is 2. The Labute approximate surface area is 85.2 Å². The fourth-order valence-electron chi connectivity index (χ4n) is 1.15. The van der Waals surface area contributed by atoms with Gasteiger partial charge in [0.05, 0.1) is 0 Å². The van der Waals surface area contributed by atoms with Gasteiger partial charge in [-0.3, -0.25) is 0 Å². The molecule has 15 heavy (non-hydrogen) atoms. The van der Waals surface area contributed by atoms with Gasteiger partial charge in [0.15, 0.2) is 5.69 Å². The van der Waals surface area contributed by atoms with E-state index in [0.29, 0.717) is 5.69 Å². The van der Waals surface area contributed by atoms with E-state index in [-0.39, 0.29) is 11.6 Å². The molecule has 0 aromatic carbocycles. The molecular formula is C9H8N4O2. The minimum Gasteiger partial charge on any atom is -0.477 e. The van der Waals surface area contributed by atoms with Crippen LogP contribution < -0.4 is 0 Å². The lowest BCUT2D eigenvalue weighted by molar-refractivity contribution is 0.0690. The van der Waals surface area contributed by atoms with E-state index in [1.165, 1.54) is 10.7 Å². The Morgan fingerprint density at radius 3 is 2.87 bits per heavy atom. The first-order valence-corrected chi connectivity index (χ1v) is 4.26. The molecule has 0 bridgehead atoms. The van der Waals surface area contributed by atoms with Crippen molar-refractivity contribution in [3.8, 4) is 5.95 Å². The van der Waals surface area contributed by atoms with Gasteiger partial charge < -0.3 is 5.11 Å². The van der Waals surface area contributed by atoms with Crippen LogP contribution in [-0.2, 0) is 0 Å². The summed E-state index contributed by atoms with van der Waals surface area (Å²) >= 11 is 0. The molecule has 0 saturated carbocycles. The molecule has 2 rings (SSSR count). The van der Waals surface area contributed by atoms with Gasteiger partial charge in [-0.25, -0.2) is 19.4 Å². The first kappa shape index (κ1) is 9.32. The van der Waals surface area contributed by atoms with Crippen LogP contribution in [0.25, 0.3) is 5.95 Å². The summed E-state index contributed by atoms with van der Waals surface area (Å²) in [6, 6.07) is 3.13. The van der Waals surface area contributed by atoms with Crippen LogP contribution in [0.2, 0.25) is 0 Å². The van der Waals surface area contributed by atoms with Crippen molar-refractivity contribution in [1.82, 2.24) is 19.7 Å². The number of hydrogen-bond acceptors (Lipinski definition) is 4. The van der Waals surface area contributed by atoms with E-state index in [1.54, 1.807) is 25.4 Å². The molecule has 2 aromatic rings. The molecule has 2 heterocycles. The quantitative estimate of drug-likeness (QED) is 0.777. The zero-order valence-electron chi connectivity index (χ0n) is 7.95. The average molecular weight is 204 g/mol. The van der Waals surface area contributed by atoms with Crippen LogP contribution in [-0.4, -0.2) is 30.8 Å². The van der Waals surface area contributed by atoms with Crippen molar-refractivity contribution >= 4 is 5.97 Å². The van der Waals surface area contributed by atoms with Crippen LogP contribution in [0.5, 0.6) is 0 Å². The molecule has 0 atom stereocenters. The predicted molar refractivity (Wildman–Crippen MR) is 50.9 cm³/mol. The smallest absolute Gasteiger partial charge is 0.354 e. The van der Waals surface area contributed by atoms with Gasteiger partial charge in [-0.1, -0.05) is 0 Å². The summed E-state index contributed by atoms with van der Waals surface area (Å²) in [6.45, 7) is 1.71. The van der Waals surface area contributed by atoms with Crippen LogP contribution >= 0.6 is 0 Å². The lowest BCUT2D eigenvalue weighted by atomic mass is 10.3. The topological polar surface area (TPSA) is 80.9 Å². The first-order valence-electron chi connectivity index (χ1n) is 4.26. The summed E-state index contributed by atoms with van der Waals surface area (Å²) in [5.41, 5.74) is 0.556. The summed E-state index contributed by atoms with van der Waals surface area (Å²) in [5, 5.41) is 12.7. The van der Waals surface area contributed by atoms with Crippen molar-refractivity contribution in [2.75, 3.05) is 0 Å². The lowest BCUT2D eigenvalue weighted by Gasteiger charge is -2.02. The van der Waals surface area contributed by atoms with E-state index in [9.17, 15) is 4.79 Å². The maximum atomic E-state index is 10.8. The number of carboxylic acids is 1. The van der Waals surface area contributed by atoms with Gasteiger partial charge in [-0.2, -0.15) is 5.10 Å². The largest absolute Gasteiger partial charge is 0.477 e. The fourth-order valence-corrected chi connectivity index (χ4v) is 1.15. The monoisotopic (exact) mass is 204 g/mol. The summed E-state index contributed by atoms with van der Waals surface area (Å²) in [6.07, 6.45) is 3.23. The zero-order valence-corrected chi connectivity index (χ0v) is 7.95. The van der Waals surface area contributed by atoms with E-state index in [0.717, 1.165) is 0 Å². The van der Waals surface area contributed by atoms with E-state index >= 15 is 0 Å². The number of aromatic carboxylic acids is 1. The molecule has 2 aromatic heterocycles. The number of nitrogens with zero attached hydrogens (tertiary/aromatic N) is 4. The van der Waals surface area contributed by atoms with E-state index < -0.39 is 5.97 Å². The first-order chi connectivity index (χ1) is 7.16. The fraction of sp³-hybridized carbons (Fsp3) is 0.111. The summed E-state index contributed by atoms with van der Waals surface area (Å²) in [7, 11) is 0. The minimum atomic E-state index is -1.08. The van der Waals surface area contributed by atoms with Crippen LogP contribution in [0.4, 0.5) is 0 Å². The van der Waals surface area contributed by atoms with Gasteiger partial charge >= 0.3 is 5.97 Å². The molecule has 0 aliphatic rings. The number of carboxylic acid groups (broad SMARTS) is 1.